The predicted molar refractivity (Wildman–Crippen MR) is 88.2 cm³/mol. The highest BCUT2D eigenvalue weighted by Gasteiger charge is 2.20. The molecule has 5 nitrogen and oxygen atoms in total. The normalized spacial score (nSPS) is 22.5. The first kappa shape index (κ1) is 18.4. The van der Waals surface area contributed by atoms with Gasteiger partial charge in [0, 0.05) is 19.5 Å². The molecule has 4 N–H and O–H groups in total. The number of hydrogen-bond donors (Lipinski definition) is 3. The van der Waals surface area contributed by atoms with E-state index >= 15 is 0 Å². The first-order valence-electron chi connectivity index (χ1n) is 8.44. The van der Waals surface area contributed by atoms with Gasteiger partial charge < -0.3 is 21.3 Å². The van der Waals surface area contributed by atoms with E-state index in [1.165, 1.54) is 25.7 Å². The van der Waals surface area contributed by atoms with Crippen LogP contribution in [0.1, 0.15) is 38.5 Å². The monoisotopic (exact) mass is 298 g/mol. The molecule has 0 saturated heterocycles. The first-order valence-corrected chi connectivity index (χ1v) is 8.44. The fourth-order valence-corrected chi connectivity index (χ4v) is 3.02. The van der Waals surface area contributed by atoms with E-state index in [1.807, 2.05) is 14.1 Å². The highest BCUT2D eigenvalue weighted by Crippen LogP contribution is 2.27. The molecule has 1 fully saturated rings. The van der Waals surface area contributed by atoms with Crippen molar-refractivity contribution in [3.05, 3.63) is 0 Å². The zero-order valence-electron chi connectivity index (χ0n) is 13.9. The standard InChI is InChI=1S/C16H34N4O/c1-20(2)10-4-8-19-16(21)7-9-18-13-15-6-3-5-14(11-15)12-17/h14-15,18H,3-13,17H2,1-2H3,(H,19,21). The molecule has 0 aromatic heterocycles. The van der Waals surface area contributed by atoms with Crippen LogP contribution < -0.4 is 16.4 Å². The molecule has 5 heteroatoms. The maximum absolute atomic E-state index is 11.7. The molecule has 2 atom stereocenters. The molecular weight excluding hydrogens is 264 g/mol. The van der Waals surface area contributed by atoms with Crippen molar-refractivity contribution < 1.29 is 4.79 Å². The topological polar surface area (TPSA) is 70.4 Å². The summed E-state index contributed by atoms with van der Waals surface area (Å²) in [6.07, 6.45) is 6.74. The summed E-state index contributed by atoms with van der Waals surface area (Å²) in [4.78, 5) is 13.8. The lowest BCUT2D eigenvalue weighted by Crippen LogP contribution is -2.33. The molecule has 0 aliphatic heterocycles. The van der Waals surface area contributed by atoms with Crippen molar-refractivity contribution in [2.75, 3.05) is 46.8 Å². The lowest BCUT2D eigenvalue weighted by Gasteiger charge is -2.28. The van der Waals surface area contributed by atoms with Crippen LogP contribution in [0.5, 0.6) is 0 Å². The molecule has 0 heterocycles. The number of nitrogens with one attached hydrogen (secondary N) is 2. The Hall–Kier alpha value is -0.650. The summed E-state index contributed by atoms with van der Waals surface area (Å²) in [5, 5.41) is 6.40. The third-order valence-corrected chi connectivity index (χ3v) is 4.29. The Morgan fingerprint density at radius 2 is 2.00 bits per heavy atom. The minimum absolute atomic E-state index is 0.157. The molecule has 0 radical (unpaired) electrons. The molecule has 21 heavy (non-hydrogen) atoms. The molecule has 0 aromatic carbocycles. The second-order valence-corrected chi connectivity index (χ2v) is 6.60. The predicted octanol–water partition coefficient (Wildman–Crippen LogP) is 0.799. The van der Waals surface area contributed by atoms with Gasteiger partial charge in [-0.15, -0.1) is 0 Å². The van der Waals surface area contributed by atoms with Crippen molar-refractivity contribution in [3.8, 4) is 0 Å². The summed E-state index contributed by atoms with van der Waals surface area (Å²) in [5.41, 5.74) is 5.76. The van der Waals surface area contributed by atoms with E-state index < -0.39 is 0 Å². The number of carbonyl (C=O) groups is 1. The van der Waals surface area contributed by atoms with E-state index in [4.69, 9.17) is 5.73 Å². The summed E-state index contributed by atoms with van der Waals surface area (Å²) < 4.78 is 0. The molecule has 1 saturated carbocycles. The van der Waals surface area contributed by atoms with Gasteiger partial charge in [-0.2, -0.15) is 0 Å². The van der Waals surface area contributed by atoms with Crippen molar-refractivity contribution >= 4 is 5.91 Å². The number of rotatable bonds is 10. The Labute approximate surface area is 130 Å². The van der Waals surface area contributed by atoms with Crippen LogP contribution in [0.25, 0.3) is 0 Å². The quantitative estimate of drug-likeness (QED) is 0.522. The third-order valence-electron chi connectivity index (χ3n) is 4.29. The smallest absolute Gasteiger partial charge is 0.221 e. The van der Waals surface area contributed by atoms with Gasteiger partial charge >= 0.3 is 0 Å². The molecule has 2 unspecified atom stereocenters. The van der Waals surface area contributed by atoms with Crippen molar-refractivity contribution in [3.63, 3.8) is 0 Å². The van der Waals surface area contributed by atoms with Gasteiger partial charge in [0.1, 0.15) is 0 Å². The number of nitrogens with two attached hydrogens (primary N) is 1. The van der Waals surface area contributed by atoms with Crippen LogP contribution in [-0.4, -0.2) is 57.6 Å². The van der Waals surface area contributed by atoms with Crippen LogP contribution in [0.3, 0.4) is 0 Å². The van der Waals surface area contributed by atoms with E-state index in [2.05, 4.69) is 15.5 Å². The number of carbonyl (C=O) groups excluding carboxylic acids is 1. The maximum atomic E-state index is 11.7. The fourth-order valence-electron chi connectivity index (χ4n) is 3.02. The average molecular weight is 298 g/mol. The zero-order valence-corrected chi connectivity index (χ0v) is 13.9. The zero-order chi connectivity index (χ0) is 15.5. The van der Waals surface area contributed by atoms with Crippen molar-refractivity contribution in [2.45, 2.75) is 38.5 Å². The molecule has 0 bridgehead atoms. The molecule has 1 aliphatic carbocycles. The SMILES string of the molecule is CN(C)CCCNC(=O)CCNCC1CCCC(CN)C1. The van der Waals surface area contributed by atoms with Crippen LogP contribution in [0.15, 0.2) is 0 Å². The van der Waals surface area contributed by atoms with Gasteiger partial charge in [-0.3, -0.25) is 4.79 Å². The maximum Gasteiger partial charge on any atom is 0.221 e. The van der Waals surface area contributed by atoms with E-state index in [0.29, 0.717) is 12.3 Å². The summed E-state index contributed by atoms with van der Waals surface area (Å²) in [7, 11) is 4.10. The van der Waals surface area contributed by atoms with Gasteiger partial charge in [0.25, 0.3) is 0 Å². The van der Waals surface area contributed by atoms with Crippen LogP contribution in [0.4, 0.5) is 0 Å². The van der Waals surface area contributed by atoms with Gasteiger partial charge in [-0.1, -0.05) is 6.42 Å². The van der Waals surface area contributed by atoms with Crippen molar-refractivity contribution in [2.24, 2.45) is 17.6 Å². The van der Waals surface area contributed by atoms with Crippen LogP contribution in [0, 0.1) is 11.8 Å². The van der Waals surface area contributed by atoms with Gasteiger partial charge in [0.2, 0.25) is 5.91 Å². The van der Waals surface area contributed by atoms with E-state index in [0.717, 1.165) is 45.1 Å². The summed E-state index contributed by atoms with van der Waals surface area (Å²) >= 11 is 0. The van der Waals surface area contributed by atoms with Gasteiger partial charge in [-0.05, 0) is 71.2 Å². The molecule has 1 rings (SSSR count). The van der Waals surface area contributed by atoms with E-state index in [9.17, 15) is 4.79 Å². The van der Waals surface area contributed by atoms with Crippen LogP contribution in [-0.2, 0) is 4.79 Å². The lowest BCUT2D eigenvalue weighted by atomic mass is 9.81. The van der Waals surface area contributed by atoms with Crippen LogP contribution >= 0.6 is 0 Å². The van der Waals surface area contributed by atoms with E-state index in [1.54, 1.807) is 0 Å². The molecule has 1 amide bonds. The Kier molecular flexibility index (Phi) is 9.63. The lowest BCUT2D eigenvalue weighted by molar-refractivity contribution is -0.121. The Morgan fingerprint density at radius 1 is 1.24 bits per heavy atom. The molecule has 0 spiro atoms. The highest BCUT2D eigenvalue weighted by atomic mass is 16.1. The average Bonchev–Trinajstić information content (AvgIpc) is 2.48. The van der Waals surface area contributed by atoms with Crippen molar-refractivity contribution in [1.82, 2.24) is 15.5 Å². The summed E-state index contributed by atoms with van der Waals surface area (Å²) in [6, 6.07) is 0. The minimum Gasteiger partial charge on any atom is -0.356 e. The van der Waals surface area contributed by atoms with Crippen molar-refractivity contribution in [1.29, 1.82) is 0 Å². The third kappa shape index (κ3) is 9.06. The molecule has 1 aliphatic rings. The van der Waals surface area contributed by atoms with Crippen LogP contribution in [0.2, 0.25) is 0 Å². The number of amides is 1. The summed E-state index contributed by atoms with van der Waals surface area (Å²) in [5.74, 6) is 1.62. The van der Waals surface area contributed by atoms with Gasteiger partial charge in [0.05, 0.1) is 0 Å². The second kappa shape index (κ2) is 11.0. The van der Waals surface area contributed by atoms with Gasteiger partial charge in [0.15, 0.2) is 0 Å². The Balaban J connectivity index is 1.96. The fraction of sp³-hybridized carbons (Fsp3) is 0.938. The molecule has 0 aromatic rings. The second-order valence-electron chi connectivity index (χ2n) is 6.60. The largest absolute Gasteiger partial charge is 0.356 e. The number of nitrogens with zero attached hydrogens (tertiary/aromatic N) is 1. The van der Waals surface area contributed by atoms with Gasteiger partial charge in [-0.25, -0.2) is 0 Å². The Morgan fingerprint density at radius 3 is 2.71 bits per heavy atom. The van der Waals surface area contributed by atoms with E-state index in [-0.39, 0.29) is 5.91 Å². The molecule has 124 valence electrons. The minimum atomic E-state index is 0.157. The highest BCUT2D eigenvalue weighted by molar-refractivity contribution is 5.75. The first-order chi connectivity index (χ1) is 10.1. The summed E-state index contributed by atoms with van der Waals surface area (Å²) in [6.45, 7) is 4.43. The molecular formula is C16H34N4O. The Bertz CT molecular complexity index is 283. The number of hydrogen-bond acceptors (Lipinski definition) is 4.